The molecule has 0 aliphatic rings. The second-order valence-corrected chi connectivity index (χ2v) is 6.97. The molecule has 0 bridgehead atoms. The number of carbonyl (C=O) groups excluding carboxylic acids is 2. The molecule has 1 N–H and O–H groups in total. The number of anilines is 1. The maximum Gasteiger partial charge on any atom is 0.255 e. The minimum Gasteiger partial charge on any atom is -0.344 e. The molecule has 0 aliphatic heterocycles. The summed E-state index contributed by atoms with van der Waals surface area (Å²) < 4.78 is 14.4. The molecule has 0 saturated heterocycles. The third-order valence-corrected chi connectivity index (χ3v) is 4.64. The van der Waals surface area contributed by atoms with Crippen LogP contribution in [0.5, 0.6) is 0 Å². The average molecular weight is 394 g/mol. The highest BCUT2D eigenvalue weighted by molar-refractivity contribution is 6.04. The topological polar surface area (TPSA) is 67.2 Å². The Hall–Kier alpha value is -3.48. The molecule has 0 spiro atoms. The summed E-state index contributed by atoms with van der Waals surface area (Å²) in [5, 5.41) is 6.82. The number of amides is 2. The molecule has 0 aliphatic carbocycles. The standard InChI is InChI=1S/C22H23FN4O2/c1-16(17-6-4-3-5-7-17)13-26(2)21(28)15-27-14-20(12-24-27)25-22(29)18-8-10-19(23)11-9-18/h3-12,14,16H,13,15H2,1-2H3,(H,25,29). The van der Waals surface area contributed by atoms with Gasteiger partial charge in [-0.1, -0.05) is 37.3 Å². The van der Waals surface area contributed by atoms with Crippen LogP contribution in [-0.4, -0.2) is 40.1 Å². The van der Waals surface area contributed by atoms with E-state index in [4.69, 9.17) is 0 Å². The van der Waals surface area contributed by atoms with Crippen molar-refractivity contribution in [3.05, 3.63) is 83.9 Å². The Morgan fingerprint density at radius 1 is 1.14 bits per heavy atom. The van der Waals surface area contributed by atoms with Crippen molar-refractivity contribution in [2.24, 2.45) is 0 Å². The molecule has 2 aromatic carbocycles. The molecule has 1 heterocycles. The zero-order valence-electron chi connectivity index (χ0n) is 16.4. The van der Waals surface area contributed by atoms with Gasteiger partial charge < -0.3 is 10.2 Å². The van der Waals surface area contributed by atoms with Crippen LogP contribution < -0.4 is 5.32 Å². The van der Waals surface area contributed by atoms with Crippen LogP contribution in [0.15, 0.2) is 67.0 Å². The molecule has 29 heavy (non-hydrogen) atoms. The smallest absolute Gasteiger partial charge is 0.255 e. The Morgan fingerprint density at radius 3 is 2.52 bits per heavy atom. The van der Waals surface area contributed by atoms with Crippen molar-refractivity contribution in [1.82, 2.24) is 14.7 Å². The first-order chi connectivity index (χ1) is 13.9. The zero-order valence-corrected chi connectivity index (χ0v) is 16.4. The number of nitrogens with one attached hydrogen (secondary N) is 1. The van der Waals surface area contributed by atoms with E-state index in [-0.39, 0.29) is 24.3 Å². The maximum absolute atomic E-state index is 13.0. The summed E-state index contributed by atoms with van der Waals surface area (Å²) in [6.45, 7) is 2.75. The summed E-state index contributed by atoms with van der Waals surface area (Å²) in [6, 6.07) is 15.3. The molecule has 3 aromatic rings. The molecule has 150 valence electrons. The molecular formula is C22H23FN4O2. The maximum atomic E-state index is 13.0. The first-order valence-corrected chi connectivity index (χ1v) is 9.30. The Balaban J connectivity index is 1.54. The Labute approximate surface area is 169 Å². The molecule has 3 rings (SSSR count). The Morgan fingerprint density at radius 2 is 1.83 bits per heavy atom. The lowest BCUT2D eigenvalue weighted by atomic mass is 10.0. The van der Waals surface area contributed by atoms with Crippen molar-refractivity contribution >= 4 is 17.5 Å². The van der Waals surface area contributed by atoms with Gasteiger partial charge in [0, 0.05) is 25.4 Å². The number of likely N-dealkylation sites (N-methyl/N-ethyl adjacent to an activating group) is 1. The van der Waals surface area contributed by atoms with Gasteiger partial charge >= 0.3 is 0 Å². The van der Waals surface area contributed by atoms with E-state index >= 15 is 0 Å². The minimum atomic E-state index is -0.404. The first kappa shape index (κ1) is 20.3. The number of hydrogen-bond donors (Lipinski definition) is 1. The van der Waals surface area contributed by atoms with Crippen molar-refractivity contribution in [1.29, 1.82) is 0 Å². The first-order valence-electron chi connectivity index (χ1n) is 9.30. The van der Waals surface area contributed by atoms with E-state index in [0.717, 1.165) is 0 Å². The van der Waals surface area contributed by atoms with Crippen molar-refractivity contribution < 1.29 is 14.0 Å². The number of aromatic nitrogens is 2. The molecular weight excluding hydrogens is 371 g/mol. The quantitative estimate of drug-likeness (QED) is 0.667. The van der Waals surface area contributed by atoms with Gasteiger partial charge in [0.1, 0.15) is 12.4 Å². The van der Waals surface area contributed by atoms with Gasteiger partial charge in [-0.15, -0.1) is 0 Å². The van der Waals surface area contributed by atoms with Crippen molar-refractivity contribution in [2.45, 2.75) is 19.4 Å². The average Bonchev–Trinajstić information content (AvgIpc) is 3.15. The van der Waals surface area contributed by atoms with E-state index in [1.165, 1.54) is 40.7 Å². The van der Waals surface area contributed by atoms with Crippen molar-refractivity contribution in [3.63, 3.8) is 0 Å². The van der Waals surface area contributed by atoms with Crippen molar-refractivity contribution in [2.75, 3.05) is 18.9 Å². The van der Waals surface area contributed by atoms with E-state index in [9.17, 15) is 14.0 Å². The Bertz CT molecular complexity index is 970. The van der Waals surface area contributed by atoms with Crippen LogP contribution in [-0.2, 0) is 11.3 Å². The molecule has 2 amide bonds. The number of rotatable bonds is 7. The van der Waals surface area contributed by atoms with Gasteiger partial charge in [-0.3, -0.25) is 14.3 Å². The predicted octanol–water partition coefficient (Wildman–Crippen LogP) is 3.54. The van der Waals surface area contributed by atoms with Gasteiger partial charge in [-0.2, -0.15) is 5.10 Å². The second-order valence-electron chi connectivity index (χ2n) is 6.97. The van der Waals surface area contributed by atoms with Gasteiger partial charge in [-0.05, 0) is 35.7 Å². The van der Waals surface area contributed by atoms with E-state index < -0.39 is 5.82 Å². The fourth-order valence-electron chi connectivity index (χ4n) is 2.98. The molecule has 1 unspecified atom stereocenters. The van der Waals surface area contributed by atoms with Gasteiger partial charge in [-0.25, -0.2) is 4.39 Å². The Kier molecular flexibility index (Phi) is 6.39. The van der Waals surface area contributed by atoms with Crippen LogP contribution >= 0.6 is 0 Å². The summed E-state index contributed by atoms with van der Waals surface area (Å²) >= 11 is 0. The summed E-state index contributed by atoms with van der Waals surface area (Å²) in [4.78, 5) is 26.4. The third kappa shape index (κ3) is 5.51. The van der Waals surface area contributed by atoms with Crippen LogP contribution in [0.2, 0.25) is 0 Å². The summed E-state index contributed by atoms with van der Waals surface area (Å²) in [6.07, 6.45) is 3.06. The van der Waals surface area contributed by atoms with Crippen LogP contribution in [0.4, 0.5) is 10.1 Å². The summed E-state index contributed by atoms with van der Waals surface area (Å²) in [5.74, 6) is -0.635. The highest BCUT2D eigenvalue weighted by atomic mass is 19.1. The monoisotopic (exact) mass is 394 g/mol. The van der Waals surface area contributed by atoms with Gasteiger partial charge in [0.05, 0.1) is 11.9 Å². The molecule has 0 fully saturated rings. The van der Waals surface area contributed by atoms with Crippen LogP contribution in [0, 0.1) is 5.82 Å². The molecule has 1 aromatic heterocycles. The summed E-state index contributed by atoms with van der Waals surface area (Å²) in [7, 11) is 1.77. The lowest BCUT2D eigenvalue weighted by Gasteiger charge is -2.22. The lowest BCUT2D eigenvalue weighted by Crippen LogP contribution is -2.33. The number of nitrogens with zero attached hydrogens (tertiary/aromatic N) is 3. The number of carbonyl (C=O) groups is 2. The van der Waals surface area contributed by atoms with Gasteiger partial charge in [0.2, 0.25) is 5.91 Å². The number of hydrogen-bond acceptors (Lipinski definition) is 3. The van der Waals surface area contributed by atoms with E-state index in [1.807, 2.05) is 30.3 Å². The fraction of sp³-hybridized carbons (Fsp3) is 0.227. The van der Waals surface area contributed by atoms with Gasteiger partial charge in [0.25, 0.3) is 5.91 Å². The number of halogens is 1. The predicted molar refractivity (Wildman–Crippen MR) is 109 cm³/mol. The molecule has 7 heteroatoms. The normalized spacial score (nSPS) is 11.7. The van der Waals surface area contributed by atoms with E-state index in [1.54, 1.807) is 18.1 Å². The third-order valence-electron chi connectivity index (χ3n) is 4.64. The van der Waals surface area contributed by atoms with Crippen LogP contribution in [0.3, 0.4) is 0 Å². The SMILES string of the molecule is CC(CN(C)C(=O)Cn1cc(NC(=O)c2ccc(F)cc2)cn1)c1ccccc1. The highest BCUT2D eigenvalue weighted by Crippen LogP contribution is 2.16. The van der Waals surface area contributed by atoms with Gasteiger partial charge in [0.15, 0.2) is 0 Å². The van der Waals surface area contributed by atoms with E-state index in [2.05, 4.69) is 17.3 Å². The second kappa shape index (κ2) is 9.14. The van der Waals surface area contributed by atoms with Crippen LogP contribution in [0.1, 0.15) is 28.8 Å². The number of benzene rings is 2. The largest absolute Gasteiger partial charge is 0.344 e. The lowest BCUT2D eigenvalue weighted by molar-refractivity contribution is -0.130. The molecule has 1 atom stereocenters. The van der Waals surface area contributed by atoms with E-state index in [0.29, 0.717) is 17.8 Å². The minimum absolute atomic E-state index is 0.0738. The van der Waals surface area contributed by atoms with Crippen molar-refractivity contribution in [3.8, 4) is 0 Å². The van der Waals surface area contributed by atoms with Crippen LogP contribution in [0.25, 0.3) is 0 Å². The highest BCUT2D eigenvalue weighted by Gasteiger charge is 2.15. The molecule has 0 radical (unpaired) electrons. The fourth-order valence-corrected chi connectivity index (χ4v) is 2.98. The molecule has 6 nitrogen and oxygen atoms in total. The summed E-state index contributed by atoms with van der Waals surface area (Å²) in [5.41, 5.74) is 1.98. The molecule has 0 saturated carbocycles. The zero-order chi connectivity index (χ0) is 20.8.